The summed E-state index contributed by atoms with van der Waals surface area (Å²) in [6.45, 7) is 5.02. The maximum absolute atomic E-state index is 13.2. The van der Waals surface area contributed by atoms with Crippen molar-refractivity contribution < 1.29 is 27.2 Å². The quantitative estimate of drug-likeness (QED) is 0.823. The number of nitrogens with one attached hydrogen (secondary N) is 2. The standard InChI is InChI=1S/C15H19F4N3O2/c1-14(2,3)21-12(23)8-22(4)13(24)20-9-5-6-11(16)10(7-9)15(17,18)19/h5-7H,8H2,1-4H3,(H,20,24)(H,21,23). The van der Waals surface area contributed by atoms with E-state index in [0.717, 1.165) is 11.0 Å². The van der Waals surface area contributed by atoms with Crippen LogP contribution >= 0.6 is 0 Å². The predicted molar refractivity (Wildman–Crippen MR) is 80.9 cm³/mol. The van der Waals surface area contributed by atoms with Gasteiger partial charge in [0.2, 0.25) is 5.91 Å². The molecule has 1 rings (SSSR count). The van der Waals surface area contributed by atoms with Gasteiger partial charge in [-0.2, -0.15) is 13.2 Å². The van der Waals surface area contributed by atoms with E-state index < -0.39 is 35.0 Å². The second-order valence-electron chi connectivity index (χ2n) is 6.28. The summed E-state index contributed by atoms with van der Waals surface area (Å²) in [6.07, 6.45) is -4.87. The van der Waals surface area contributed by atoms with Crippen molar-refractivity contribution in [2.24, 2.45) is 0 Å². The molecule has 3 amide bonds. The smallest absolute Gasteiger partial charge is 0.350 e. The van der Waals surface area contributed by atoms with E-state index in [1.807, 2.05) is 0 Å². The average Bonchev–Trinajstić information content (AvgIpc) is 2.37. The lowest BCUT2D eigenvalue weighted by Gasteiger charge is -2.23. The normalized spacial score (nSPS) is 11.8. The molecule has 24 heavy (non-hydrogen) atoms. The van der Waals surface area contributed by atoms with Gasteiger partial charge >= 0.3 is 12.2 Å². The summed E-state index contributed by atoms with van der Waals surface area (Å²) < 4.78 is 51.1. The minimum Gasteiger partial charge on any atom is -0.350 e. The van der Waals surface area contributed by atoms with Crippen LogP contribution in [0.1, 0.15) is 26.3 Å². The molecule has 0 saturated carbocycles. The second-order valence-corrected chi connectivity index (χ2v) is 6.28. The molecular weight excluding hydrogens is 330 g/mol. The molecule has 2 N–H and O–H groups in total. The summed E-state index contributed by atoms with van der Waals surface area (Å²) in [4.78, 5) is 24.6. The van der Waals surface area contributed by atoms with Crippen molar-refractivity contribution in [3.8, 4) is 0 Å². The van der Waals surface area contributed by atoms with E-state index in [1.54, 1.807) is 20.8 Å². The molecule has 0 aliphatic heterocycles. The number of alkyl halides is 3. The molecule has 1 aromatic carbocycles. The Morgan fingerprint density at radius 1 is 1.17 bits per heavy atom. The molecule has 5 nitrogen and oxygen atoms in total. The van der Waals surface area contributed by atoms with E-state index in [2.05, 4.69) is 10.6 Å². The summed E-state index contributed by atoms with van der Waals surface area (Å²) in [5, 5.41) is 4.84. The van der Waals surface area contributed by atoms with Crippen LogP contribution in [0.2, 0.25) is 0 Å². The highest BCUT2D eigenvalue weighted by atomic mass is 19.4. The maximum Gasteiger partial charge on any atom is 0.419 e. The SMILES string of the molecule is CN(CC(=O)NC(C)(C)C)C(=O)Nc1ccc(F)c(C(F)(F)F)c1. The largest absolute Gasteiger partial charge is 0.419 e. The van der Waals surface area contributed by atoms with E-state index in [1.165, 1.54) is 7.05 Å². The Balaban J connectivity index is 2.76. The summed E-state index contributed by atoms with van der Waals surface area (Å²) in [6, 6.07) is 1.32. The number of amides is 3. The third kappa shape index (κ3) is 6.05. The van der Waals surface area contributed by atoms with Gasteiger partial charge in [-0.25, -0.2) is 9.18 Å². The van der Waals surface area contributed by atoms with Crippen LogP contribution in [0.4, 0.5) is 28.0 Å². The first-order valence-corrected chi connectivity index (χ1v) is 6.99. The van der Waals surface area contributed by atoms with Crippen LogP contribution < -0.4 is 10.6 Å². The van der Waals surface area contributed by atoms with Gasteiger partial charge in [0.15, 0.2) is 0 Å². The molecule has 0 saturated heterocycles. The molecule has 0 radical (unpaired) electrons. The van der Waals surface area contributed by atoms with Crippen molar-refractivity contribution in [2.45, 2.75) is 32.5 Å². The van der Waals surface area contributed by atoms with E-state index in [4.69, 9.17) is 0 Å². The van der Waals surface area contributed by atoms with Crippen LogP contribution in [-0.2, 0) is 11.0 Å². The Labute approximate surface area is 137 Å². The van der Waals surface area contributed by atoms with Gasteiger partial charge < -0.3 is 15.5 Å². The third-order valence-corrected chi connectivity index (χ3v) is 2.76. The zero-order chi connectivity index (χ0) is 18.7. The lowest BCUT2D eigenvalue weighted by molar-refractivity contribution is -0.140. The molecule has 0 unspecified atom stereocenters. The number of benzene rings is 1. The number of carbonyl (C=O) groups excluding carboxylic acids is 2. The first-order chi connectivity index (χ1) is 10.8. The summed E-state index contributed by atoms with van der Waals surface area (Å²) in [5.41, 5.74) is -2.18. The lowest BCUT2D eigenvalue weighted by Crippen LogP contribution is -2.47. The monoisotopic (exact) mass is 349 g/mol. The number of urea groups is 1. The molecule has 0 heterocycles. The Morgan fingerprint density at radius 3 is 2.25 bits per heavy atom. The van der Waals surface area contributed by atoms with E-state index in [-0.39, 0.29) is 12.2 Å². The minimum absolute atomic E-state index is 0.225. The van der Waals surface area contributed by atoms with Gasteiger partial charge in [0.05, 0.1) is 5.56 Å². The molecule has 134 valence electrons. The van der Waals surface area contributed by atoms with Crippen LogP contribution in [0.25, 0.3) is 0 Å². The third-order valence-electron chi connectivity index (χ3n) is 2.76. The van der Waals surface area contributed by atoms with Crippen LogP contribution in [0, 0.1) is 5.82 Å². The molecular formula is C15H19F4N3O2. The topological polar surface area (TPSA) is 61.4 Å². The fraction of sp³-hybridized carbons (Fsp3) is 0.467. The van der Waals surface area contributed by atoms with Crippen LogP contribution in [0.15, 0.2) is 18.2 Å². The molecule has 0 aromatic heterocycles. The highest BCUT2D eigenvalue weighted by Gasteiger charge is 2.34. The zero-order valence-corrected chi connectivity index (χ0v) is 13.7. The van der Waals surface area contributed by atoms with Gasteiger partial charge in [-0.1, -0.05) is 0 Å². The number of nitrogens with zero attached hydrogens (tertiary/aromatic N) is 1. The van der Waals surface area contributed by atoms with Crippen molar-refractivity contribution >= 4 is 17.6 Å². The second kappa shape index (κ2) is 7.06. The van der Waals surface area contributed by atoms with Crippen LogP contribution in [0.5, 0.6) is 0 Å². The fourth-order valence-electron chi connectivity index (χ4n) is 1.78. The lowest BCUT2D eigenvalue weighted by atomic mass is 10.1. The maximum atomic E-state index is 13.2. The van der Waals surface area contributed by atoms with Crippen molar-refractivity contribution in [2.75, 3.05) is 18.9 Å². The van der Waals surface area contributed by atoms with Crippen LogP contribution in [-0.4, -0.2) is 36.0 Å². The van der Waals surface area contributed by atoms with Gasteiger partial charge in [-0.3, -0.25) is 4.79 Å². The Bertz CT molecular complexity index is 624. The number of rotatable bonds is 3. The Morgan fingerprint density at radius 2 is 1.75 bits per heavy atom. The number of likely N-dealkylation sites (N-methyl/N-ethyl adjacent to an activating group) is 1. The van der Waals surface area contributed by atoms with Crippen molar-refractivity contribution in [1.82, 2.24) is 10.2 Å². The van der Waals surface area contributed by atoms with E-state index in [9.17, 15) is 27.2 Å². The van der Waals surface area contributed by atoms with Crippen LogP contribution in [0.3, 0.4) is 0 Å². The summed E-state index contributed by atoms with van der Waals surface area (Å²) in [7, 11) is 1.31. The van der Waals surface area contributed by atoms with Gasteiger partial charge in [0, 0.05) is 18.3 Å². The first-order valence-electron chi connectivity index (χ1n) is 6.99. The number of halogens is 4. The number of hydrogen-bond acceptors (Lipinski definition) is 2. The molecule has 0 atom stereocenters. The molecule has 9 heteroatoms. The molecule has 1 aromatic rings. The van der Waals surface area contributed by atoms with Crippen molar-refractivity contribution in [3.63, 3.8) is 0 Å². The number of anilines is 1. The van der Waals surface area contributed by atoms with E-state index in [0.29, 0.717) is 12.1 Å². The highest BCUT2D eigenvalue weighted by molar-refractivity contribution is 5.92. The predicted octanol–water partition coefficient (Wildman–Crippen LogP) is 3.22. The molecule has 0 aliphatic rings. The Kier molecular flexibility index (Phi) is 5.80. The first kappa shape index (κ1) is 19.7. The fourth-order valence-corrected chi connectivity index (χ4v) is 1.78. The Hall–Kier alpha value is -2.32. The summed E-state index contributed by atoms with van der Waals surface area (Å²) in [5.74, 6) is -1.85. The molecule has 0 bridgehead atoms. The molecule has 0 fully saturated rings. The molecule has 0 aliphatic carbocycles. The van der Waals surface area contributed by atoms with Gasteiger partial charge in [0.1, 0.15) is 12.4 Å². The van der Waals surface area contributed by atoms with Crippen molar-refractivity contribution in [3.05, 3.63) is 29.6 Å². The van der Waals surface area contributed by atoms with Gasteiger partial charge in [0.25, 0.3) is 0 Å². The van der Waals surface area contributed by atoms with Gasteiger partial charge in [-0.15, -0.1) is 0 Å². The molecule has 0 spiro atoms. The van der Waals surface area contributed by atoms with Crippen molar-refractivity contribution in [1.29, 1.82) is 0 Å². The number of carbonyl (C=O) groups is 2. The van der Waals surface area contributed by atoms with Gasteiger partial charge in [-0.05, 0) is 39.0 Å². The summed E-state index contributed by atoms with van der Waals surface area (Å²) >= 11 is 0. The van der Waals surface area contributed by atoms with E-state index >= 15 is 0 Å². The minimum atomic E-state index is -4.87. The average molecular weight is 349 g/mol. The zero-order valence-electron chi connectivity index (χ0n) is 13.7. The number of hydrogen-bond donors (Lipinski definition) is 2. The highest BCUT2D eigenvalue weighted by Crippen LogP contribution is 2.33.